The van der Waals surface area contributed by atoms with Crippen LogP contribution in [-0.2, 0) is 0 Å². The lowest BCUT2D eigenvalue weighted by Gasteiger charge is -1.88. The molecule has 0 aromatic heterocycles. The van der Waals surface area contributed by atoms with Gasteiger partial charge in [0.2, 0.25) is 0 Å². The second kappa shape index (κ2) is 21.0. The highest BCUT2D eigenvalue weighted by Gasteiger charge is 1.79. The summed E-state index contributed by atoms with van der Waals surface area (Å²) in [4.78, 5) is 0. The van der Waals surface area contributed by atoms with E-state index in [1.165, 1.54) is 5.56 Å². The van der Waals surface area contributed by atoms with Crippen molar-refractivity contribution in [3.05, 3.63) is 42.0 Å². The minimum absolute atomic E-state index is 0. The predicted octanol–water partition coefficient (Wildman–Crippen LogP) is 4.42. The Labute approximate surface area is 133 Å². The summed E-state index contributed by atoms with van der Waals surface area (Å²) < 4.78 is 0. The molecule has 6 heteroatoms. The summed E-state index contributed by atoms with van der Waals surface area (Å²) in [6, 6.07) is 10.3. The van der Waals surface area contributed by atoms with Gasteiger partial charge in [0.25, 0.3) is 0 Å². The standard InChI is InChI=1S/C9H11P.3BrH.2H3P/c10-8-4-7-9-5-2-1-3-6-9;;;;;/h1-7H,8,10H2;3*1H;2*1H3. The molecule has 0 amide bonds. The van der Waals surface area contributed by atoms with Gasteiger partial charge in [-0.05, 0) is 11.7 Å². The van der Waals surface area contributed by atoms with Crippen molar-refractivity contribution in [1.82, 2.24) is 0 Å². The number of hydrogen-bond donors (Lipinski definition) is 0. The van der Waals surface area contributed by atoms with Gasteiger partial charge in [-0.2, -0.15) is 19.8 Å². The summed E-state index contributed by atoms with van der Waals surface area (Å²) in [6.07, 6.45) is 5.27. The first-order valence-corrected chi connectivity index (χ1v) is 4.17. The van der Waals surface area contributed by atoms with Crippen LogP contribution in [-0.4, -0.2) is 6.16 Å². The lowest BCUT2D eigenvalue weighted by molar-refractivity contribution is 1.65. The Bertz CT molecular complexity index is 217. The molecule has 0 saturated heterocycles. The van der Waals surface area contributed by atoms with E-state index in [1.807, 2.05) is 18.2 Å². The zero-order valence-corrected chi connectivity index (χ0v) is 17.6. The van der Waals surface area contributed by atoms with Gasteiger partial charge in [-0.1, -0.05) is 42.5 Å². The molecule has 0 nitrogen and oxygen atoms in total. The van der Waals surface area contributed by atoms with Crippen LogP contribution < -0.4 is 0 Å². The van der Waals surface area contributed by atoms with Crippen molar-refractivity contribution in [3.63, 3.8) is 0 Å². The molecule has 92 valence electrons. The number of hydrogen-bond acceptors (Lipinski definition) is 0. The van der Waals surface area contributed by atoms with E-state index in [0.717, 1.165) is 6.16 Å². The molecule has 1 aromatic rings. The van der Waals surface area contributed by atoms with Crippen molar-refractivity contribution in [1.29, 1.82) is 0 Å². The molecular weight excluding hydrogens is 441 g/mol. The molecule has 3 atom stereocenters. The van der Waals surface area contributed by atoms with E-state index in [1.54, 1.807) is 0 Å². The first-order chi connectivity index (χ1) is 4.93. The number of benzene rings is 1. The van der Waals surface area contributed by atoms with Crippen LogP contribution in [0.3, 0.4) is 0 Å². The van der Waals surface area contributed by atoms with E-state index < -0.39 is 0 Å². The zero-order valence-electron chi connectivity index (χ0n) is 8.46. The maximum atomic E-state index is 2.66. The third kappa shape index (κ3) is 15.7. The molecule has 0 aliphatic carbocycles. The lowest BCUT2D eigenvalue weighted by Crippen LogP contribution is -1.67. The van der Waals surface area contributed by atoms with Crippen LogP contribution in [0.15, 0.2) is 36.4 Å². The fourth-order valence-corrected chi connectivity index (χ4v) is 0.904. The van der Waals surface area contributed by atoms with Gasteiger partial charge in [0.05, 0.1) is 0 Å². The monoisotopic (exact) mass is 458 g/mol. The van der Waals surface area contributed by atoms with Gasteiger partial charge in [0.1, 0.15) is 0 Å². The molecule has 0 aliphatic rings. The molecule has 15 heavy (non-hydrogen) atoms. The zero-order chi connectivity index (χ0) is 7.23. The average molecular weight is 461 g/mol. The summed E-state index contributed by atoms with van der Waals surface area (Å²) in [5.41, 5.74) is 1.27. The molecule has 0 aliphatic heterocycles. The third-order valence-corrected chi connectivity index (χ3v) is 1.52. The smallest absolute Gasteiger partial charge is 0.0197 e. The van der Waals surface area contributed by atoms with Crippen molar-refractivity contribution >= 4 is 86.1 Å². The Morgan fingerprint density at radius 2 is 1.40 bits per heavy atom. The highest BCUT2D eigenvalue weighted by atomic mass is 79.9. The highest BCUT2D eigenvalue weighted by Crippen LogP contribution is 2.00. The predicted molar refractivity (Wildman–Crippen MR) is 103 cm³/mol. The van der Waals surface area contributed by atoms with Crippen LogP contribution in [0, 0.1) is 0 Å². The molecule has 0 saturated carbocycles. The SMILES string of the molecule is Br.Br.Br.P.P.PCC=Cc1ccccc1. The second-order valence-corrected chi connectivity index (χ2v) is 2.52. The fourth-order valence-electron chi connectivity index (χ4n) is 0.768. The van der Waals surface area contributed by atoms with E-state index in [9.17, 15) is 0 Å². The van der Waals surface area contributed by atoms with E-state index in [2.05, 4.69) is 33.5 Å². The Hall–Kier alpha value is 1.69. The Balaban J connectivity index is -0.0000000667. The van der Waals surface area contributed by atoms with Crippen LogP contribution in [0.2, 0.25) is 0 Å². The Morgan fingerprint density at radius 1 is 0.933 bits per heavy atom. The molecule has 0 N–H and O–H groups in total. The van der Waals surface area contributed by atoms with Crippen molar-refractivity contribution in [2.75, 3.05) is 6.16 Å². The molecule has 0 spiro atoms. The van der Waals surface area contributed by atoms with E-state index >= 15 is 0 Å². The summed E-state index contributed by atoms with van der Waals surface area (Å²) in [7, 11) is 2.66. The number of halogens is 3. The number of rotatable bonds is 2. The van der Waals surface area contributed by atoms with E-state index in [-0.39, 0.29) is 70.7 Å². The minimum Gasteiger partial charge on any atom is -0.153 e. The maximum absolute atomic E-state index is 2.66. The maximum Gasteiger partial charge on any atom is -0.0197 e. The van der Waals surface area contributed by atoms with E-state index in [4.69, 9.17) is 0 Å². The van der Waals surface area contributed by atoms with Gasteiger partial charge in [-0.15, -0.1) is 60.2 Å². The molecule has 0 radical (unpaired) electrons. The molecular formula is C9H20Br3P3. The molecule has 0 fully saturated rings. The third-order valence-electron chi connectivity index (χ3n) is 1.25. The molecule has 3 unspecified atom stereocenters. The number of allylic oxidation sites excluding steroid dienone is 1. The molecule has 0 bridgehead atoms. The normalized spacial score (nSPS) is 7.00. The molecule has 1 rings (SSSR count). The van der Waals surface area contributed by atoms with Gasteiger partial charge >= 0.3 is 0 Å². The van der Waals surface area contributed by atoms with Crippen molar-refractivity contribution in [2.24, 2.45) is 0 Å². The van der Waals surface area contributed by atoms with Gasteiger partial charge in [-0.25, -0.2) is 0 Å². The van der Waals surface area contributed by atoms with Crippen molar-refractivity contribution < 1.29 is 0 Å². The van der Waals surface area contributed by atoms with Crippen LogP contribution in [0.5, 0.6) is 0 Å². The van der Waals surface area contributed by atoms with Gasteiger partial charge in [0, 0.05) is 0 Å². The van der Waals surface area contributed by atoms with E-state index in [0.29, 0.717) is 0 Å². The van der Waals surface area contributed by atoms with Gasteiger partial charge in [-0.3, -0.25) is 0 Å². The van der Waals surface area contributed by atoms with Crippen molar-refractivity contribution in [3.8, 4) is 0 Å². The van der Waals surface area contributed by atoms with Crippen LogP contribution >= 0.6 is 80.0 Å². The highest BCUT2D eigenvalue weighted by molar-refractivity contribution is 8.93. The minimum atomic E-state index is 0. The summed E-state index contributed by atoms with van der Waals surface area (Å²) >= 11 is 0. The van der Waals surface area contributed by atoms with Gasteiger partial charge < -0.3 is 0 Å². The average Bonchev–Trinajstić information content (AvgIpc) is 2.03. The first-order valence-electron chi connectivity index (χ1n) is 3.35. The Morgan fingerprint density at radius 3 is 1.80 bits per heavy atom. The van der Waals surface area contributed by atoms with Crippen LogP contribution in [0.1, 0.15) is 5.56 Å². The largest absolute Gasteiger partial charge is 0.153 e. The molecule has 1 aromatic carbocycles. The van der Waals surface area contributed by atoms with Gasteiger partial charge in [0.15, 0.2) is 0 Å². The lowest BCUT2D eigenvalue weighted by atomic mass is 10.2. The summed E-state index contributed by atoms with van der Waals surface area (Å²) in [5.74, 6) is 0. The van der Waals surface area contributed by atoms with Crippen LogP contribution in [0.25, 0.3) is 6.08 Å². The Kier molecular flexibility index (Phi) is 42.1. The quantitative estimate of drug-likeness (QED) is 0.573. The molecule has 0 heterocycles. The fraction of sp³-hybridized carbons (Fsp3) is 0.111. The summed E-state index contributed by atoms with van der Waals surface area (Å²) in [6.45, 7) is 0. The first kappa shape index (κ1) is 30.1. The summed E-state index contributed by atoms with van der Waals surface area (Å²) in [5, 5.41) is 0. The van der Waals surface area contributed by atoms with Crippen LogP contribution in [0.4, 0.5) is 0 Å². The van der Waals surface area contributed by atoms with Crippen molar-refractivity contribution in [2.45, 2.75) is 0 Å². The topological polar surface area (TPSA) is 0 Å². The second-order valence-electron chi connectivity index (χ2n) is 2.05.